The van der Waals surface area contributed by atoms with Gasteiger partial charge in [0.2, 0.25) is 0 Å². The number of nitrogens with zero attached hydrogens (tertiary/aromatic N) is 2. The van der Waals surface area contributed by atoms with Gasteiger partial charge < -0.3 is 5.11 Å². The highest BCUT2D eigenvalue weighted by atomic mass is 16.3. The van der Waals surface area contributed by atoms with Gasteiger partial charge in [-0.25, -0.2) is 0 Å². The summed E-state index contributed by atoms with van der Waals surface area (Å²) in [4.78, 5) is 6.54. The van der Waals surface area contributed by atoms with Crippen LogP contribution in [0.1, 0.15) is 17.5 Å². The van der Waals surface area contributed by atoms with Gasteiger partial charge in [0.15, 0.2) is 0 Å². The average molecular weight is 206 g/mol. The maximum Gasteiger partial charge on any atom is 0.0471 e. The second kappa shape index (κ2) is 4.73. The molecule has 1 saturated heterocycles. The summed E-state index contributed by atoms with van der Waals surface area (Å²) in [6.45, 7) is 5.53. The van der Waals surface area contributed by atoms with E-state index in [2.05, 4.69) is 22.9 Å². The Kier molecular flexibility index (Phi) is 3.34. The normalized spacial score (nSPS) is 22.1. The zero-order valence-electron chi connectivity index (χ0n) is 9.19. The van der Waals surface area contributed by atoms with Crippen molar-refractivity contribution in [2.45, 2.75) is 19.9 Å². The Balaban J connectivity index is 1.96. The Morgan fingerprint density at radius 3 is 3.13 bits per heavy atom. The van der Waals surface area contributed by atoms with Crippen LogP contribution in [0.3, 0.4) is 0 Å². The summed E-state index contributed by atoms with van der Waals surface area (Å²) < 4.78 is 0. The predicted octanol–water partition coefficient (Wildman–Crippen LogP) is 1.20. The van der Waals surface area contributed by atoms with E-state index < -0.39 is 0 Å². The summed E-state index contributed by atoms with van der Waals surface area (Å²) in [5.41, 5.74) is 2.61. The van der Waals surface area contributed by atoms with Crippen LogP contribution in [-0.4, -0.2) is 34.7 Å². The molecule has 15 heavy (non-hydrogen) atoms. The number of aromatic nitrogens is 1. The van der Waals surface area contributed by atoms with Crippen molar-refractivity contribution < 1.29 is 5.11 Å². The smallest absolute Gasteiger partial charge is 0.0471 e. The standard InChI is InChI=1S/C12H18N2O/c1-10-2-4-13-6-12(10)8-14-5-3-11(7-14)9-15/h2,4,6,11,15H,3,5,7-9H2,1H3. The van der Waals surface area contributed by atoms with Gasteiger partial charge in [0.25, 0.3) is 0 Å². The Morgan fingerprint density at radius 1 is 1.60 bits per heavy atom. The van der Waals surface area contributed by atoms with E-state index >= 15 is 0 Å². The molecule has 1 atom stereocenters. The summed E-state index contributed by atoms with van der Waals surface area (Å²) in [6, 6.07) is 2.05. The SMILES string of the molecule is Cc1ccncc1CN1CCC(CO)C1. The molecule has 0 bridgehead atoms. The maximum atomic E-state index is 9.07. The molecule has 1 aromatic heterocycles. The predicted molar refractivity (Wildman–Crippen MR) is 59.4 cm³/mol. The number of likely N-dealkylation sites (tertiary alicyclic amines) is 1. The third-order valence-electron chi connectivity index (χ3n) is 3.17. The average Bonchev–Trinajstić information content (AvgIpc) is 2.69. The molecular weight excluding hydrogens is 188 g/mol. The minimum absolute atomic E-state index is 0.322. The topological polar surface area (TPSA) is 36.4 Å². The Labute approximate surface area is 90.8 Å². The van der Waals surface area contributed by atoms with Crippen LogP contribution < -0.4 is 0 Å². The number of aliphatic hydroxyl groups is 1. The number of pyridine rings is 1. The second-order valence-corrected chi connectivity index (χ2v) is 4.37. The summed E-state index contributed by atoms with van der Waals surface area (Å²) in [7, 11) is 0. The Hall–Kier alpha value is -0.930. The maximum absolute atomic E-state index is 9.07. The van der Waals surface area contributed by atoms with Gasteiger partial charge >= 0.3 is 0 Å². The van der Waals surface area contributed by atoms with E-state index in [9.17, 15) is 0 Å². The highest BCUT2D eigenvalue weighted by molar-refractivity contribution is 5.21. The van der Waals surface area contributed by atoms with Crippen molar-refractivity contribution in [1.29, 1.82) is 0 Å². The molecule has 1 aliphatic heterocycles. The van der Waals surface area contributed by atoms with Crippen LogP contribution in [0.2, 0.25) is 0 Å². The second-order valence-electron chi connectivity index (χ2n) is 4.37. The largest absolute Gasteiger partial charge is 0.396 e. The van der Waals surface area contributed by atoms with Crippen molar-refractivity contribution >= 4 is 0 Å². The Bertz CT molecular complexity index is 327. The molecule has 1 N–H and O–H groups in total. The fourth-order valence-corrected chi connectivity index (χ4v) is 2.11. The van der Waals surface area contributed by atoms with Crippen molar-refractivity contribution in [3.05, 3.63) is 29.6 Å². The number of hydrogen-bond donors (Lipinski definition) is 1. The number of hydrogen-bond acceptors (Lipinski definition) is 3. The molecular formula is C12H18N2O. The van der Waals surface area contributed by atoms with Gasteiger partial charge in [0.05, 0.1) is 0 Å². The minimum atomic E-state index is 0.322. The van der Waals surface area contributed by atoms with E-state index in [1.807, 2.05) is 12.4 Å². The molecule has 0 radical (unpaired) electrons. The highest BCUT2D eigenvalue weighted by Gasteiger charge is 2.21. The van der Waals surface area contributed by atoms with Gasteiger partial charge in [0, 0.05) is 32.1 Å². The van der Waals surface area contributed by atoms with Gasteiger partial charge in [-0.05, 0) is 43.0 Å². The third kappa shape index (κ3) is 2.55. The van der Waals surface area contributed by atoms with E-state index in [0.717, 1.165) is 26.1 Å². The zero-order chi connectivity index (χ0) is 10.7. The van der Waals surface area contributed by atoms with Crippen molar-refractivity contribution in [2.75, 3.05) is 19.7 Å². The van der Waals surface area contributed by atoms with E-state index in [-0.39, 0.29) is 0 Å². The van der Waals surface area contributed by atoms with Gasteiger partial charge in [-0.1, -0.05) is 0 Å². The van der Waals surface area contributed by atoms with Gasteiger partial charge in [-0.15, -0.1) is 0 Å². The molecule has 3 heteroatoms. The summed E-state index contributed by atoms with van der Waals surface area (Å²) in [6.07, 6.45) is 4.90. The zero-order valence-corrected chi connectivity index (χ0v) is 9.19. The third-order valence-corrected chi connectivity index (χ3v) is 3.17. The summed E-state index contributed by atoms with van der Waals surface area (Å²) in [5.74, 6) is 0.474. The first kappa shape index (κ1) is 10.6. The molecule has 0 amide bonds. The molecule has 0 aliphatic carbocycles. The van der Waals surface area contributed by atoms with Crippen LogP contribution in [0.25, 0.3) is 0 Å². The van der Waals surface area contributed by atoms with Crippen molar-refractivity contribution in [3.8, 4) is 0 Å². The molecule has 0 saturated carbocycles. The lowest BCUT2D eigenvalue weighted by atomic mass is 10.1. The van der Waals surface area contributed by atoms with Gasteiger partial charge in [-0.2, -0.15) is 0 Å². The number of rotatable bonds is 3. The Morgan fingerprint density at radius 2 is 2.47 bits per heavy atom. The van der Waals surface area contributed by atoms with E-state index in [0.29, 0.717) is 12.5 Å². The van der Waals surface area contributed by atoms with Crippen LogP contribution in [0.4, 0.5) is 0 Å². The van der Waals surface area contributed by atoms with Crippen LogP contribution in [0, 0.1) is 12.8 Å². The van der Waals surface area contributed by atoms with Crippen molar-refractivity contribution in [1.82, 2.24) is 9.88 Å². The number of aryl methyl sites for hydroxylation is 1. The van der Waals surface area contributed by atoms with E-state index in [1.54, 1.807) is 0 Å². The van der Waals surface area contributed by atoms with Crippen LogP contribution in [-0.2, 0) is 6.54 Å². The molecule has 3 nitrogen and oxygen atoms in total. The molecule has 82 valence electrons. The summed E-state index contributed by atoms with van der Waals surface area (Å²) >= 11 is 0. The minimum Gasteiger partial charge on any atom is -0.396 e. The first-order valence-corrected chi connectivity index (χ1v) is 5.52. The fraction of sp³-hybridized carbons (Fsp3) is 0.583. The fourth-order valence-electron chi connectivity index (χ4n) is 2.11. The van der Waals surface area contributed by atoms with Crippen LogP contribution in [0.5, 0.6) is 0 Å². The van der Waals surface area contributed by atoms with Crippen LogP contribution >= 0.6 is 0 Å². The van der Waals surface area contributed by atoms with E-state index in [1.165, 1.54) is 11.1 Å². The van der Waals surface area contributed by atoms with Crippen molar-refractivity contribution in [2.24, 2.45) is 5.92 Å². The van der Waals surface area contributed by atoms with E-state index in [4.69, 9.17) is 5.11 Å². The first-order valence-electron chi connectivity index (χ1n) is 5.52. The van der Waals surface area contributed by atoms with Gasteiger partial charge in [0.1, 0.15) is 0 Å². The van der Waals surface area contributed by atoms with Crippen molar-refractivity contribution in [3.63, 3.8) is 0 Å². The molecule has 2 heterocycles. The first-order chi connectivity index (χ1) is 7.29. The molecule has 1 aliphatic rings. The lowest BCUT2D eigenvalue weighted by Gasteiger charge is -2.16. The molecule has 1 unspecified atom stereocenters. The highest BCUT2D eigenvalue weighted by Crippen LogP contribution is 2.18. The monoisotopic (exact) mass is 206 g/mol. The molecule has 0 spiro atoms. The molecule has 1 fully saturated rings. The lowest BCUT2D eigenvalue weighted by molar-refractivity contribution is 0.220. The van der Waals surface area contributed by atoms with Gasteiger partial charge in [-0.3, -0.25) is 9.88 Å². The molecule has 0 aromatic carbocycles. The quantitative estimate of drug-likeness (QED) is 0.807. The number of aliphatic hydroxyl groups excluding tert-OH is 1. The molecule has 2 rings (SSSR count). The lowest BCUT2D eigenvalue weighted by Crippen LogP contribution is -2.21. The summed E-state index contributed by atoms with van der Waals surface area (Å²) in [5, 5.41) is 9.07. The molecule has 1 aromatic rings. The van der Waals surface area contributed by atoms with Crippen LogP contribution in [0.15, 0.2) is 18.5 Å².